The summed E-state index contributed by atoms with van der Waals surface area (Å²) < 4.78 is 0. The number of allylic oxidation sites excluding steroid dienone is 1. The van der Waals surface area contributed by atoms with Gasteiger partial charge in [0.05, 0.1) is 17.7 Å². The van der Waals surface area contributed by atoms with Crippen molar-refractivity contribution in [2.75, 3.05) is 10.6 Å². The van der Waals surface area contributed by atoms with Crippen molar-refractivity contribution >= 4 is 35.5 Å². The van der Waals surface area contributed by atoms with Crippen LogP contribution < -0.4 is 10.6 Å². The van der Waals surface area contributed by atoms with Crippen LogP contribution in [0.5, 0.6) is 0 Å². The van der Waals surface area contributed by atoms with Gasteiger partial charge in [-0.3, -0.25) is 4.79 Å². The Hall–Kier alpha value is -4.49. The first-order valence-electron chi connectivity index (χ1n) is 9.08. The van der Waals surface area contributed by atoms with Gasteiger partial charge >= 0.3 is 0 Å². The van der Waals surface area contributed by atoms with Crippen LogP contribution in [0.15, 0.2) is 48.5 Å². The van der Waals surface area contributed by atoms with Gasteiger partial charge in [-0.05, 0) is 73.0 Å². The largest absolute Gasteiger partial charge is 0.340 e. The zero-order valence-electron chi connectivity index (χ0n) is 16.5. The van der Waals surface area contributed by atoms with Gasteiger partial charge < -0.3 is 10.6 Å². The highest BCUT2D eigenvalue weighted by molar-refractivity contribution is 5.77. The molecule has 0 aliphatic carbocycles. The van der Waals surface area contributed by atoms with Gasteiger partial charge in [-0.15, -0.1) is 0 Å². The second kappa shape index (κ2) is 9.13. The Morgan fingerprint density at radius 3 is 2.27 bits per heavy atom. The summed E-state index contributed by atoms with van der Waals surface area (Å²) in [5, 5.41) is 23.9. The standard InChI is InChI=1S/C23H18N6O/c1-15-10-18(4-3-9-24)11-16(2)22(15)28-21-12-20(14-30)27-23(29-21)26-19-7-5-17(13-25)6-8-19/h3-8,10-12,14H,1-2H3,(H2,26,27,28,29)/b4-3+. The summed E-state index contributed by atoms with van der Waals surface area (Å²) in [7, 11) is 0. The highest BCUT2D eigenvalue weighted by Crippen LogP contribution is 2.27. The van der Waals surface area contributed by atoms with Crippen LogP contribution in [0.3, 0.4) is 0 Å². The fraction of sp³-hybridized carbons (Fsp3) is 0.0870. The topological polar surface area (TPSA) is 114 Å². The number of benzene rings is 2. The van der Waals surface area contributed by atoms with Crippen molar-refractivity contribution in [2.24, 2.45) is 0 Å². The highest BCUT2D eigenvalue weighted by Gasteiger charge is 2.09. The zero-order chi connectivity index (χ0) is 21.5. The fourth-order valence-corrected chi connectivity index (χ4v) is 2.96. The molecule has 0 amide bonds. The monoisotopic (exact) mass is 394 g/mol. The van der Waals surface area contributed by atoms with Gasteiger partial charge in [0.15, 0.2) is 6.29 Å². The molecule has 3 aromatic rings. The lowest BCUT2D eigenvalue weighted by Crippen LogP contribution is -2.05. The molecule has 0 spiro atoms. The molecule has 0 saturated carbocycles. The molecule has 1 aromatic heterocycles. The van der Waals surface area contributed by atoms with Gasteiger partial charge in [-0.25, -0.2) is 4.98 Å². The molecule has 0 aliphatic rings. The number of carbonyl (C=O) groups is 1. The summed E-state index contributed by atoms with van der Waals surface area (Å²) in [6.07, 6.45) is 3.84. The molecule has 0 unspecified atom stereocenters. The molecule has 0 atom stereocenters. The number of aldehydes is 1. The lowest BCUT2D eigenvalue weighted by molar-refractivity contribution is 0.111. The summed E-state index contributed by atoms with van der Waals surface area (Å²) in [5.41, 5.74) is 5.21. The van der Waals surface area contributed by atoms with Gasteiger partial charge in [-0.2, -0.15) is 15.5 Å². The maximum absolute atomic E-state index is 11.4. The molecule has 2 N–H and O–H groups in total. The number of carbonyl (C=O) groups excluding carboxylic acids is 1. The Kier molecular flexibility index (Phi) is 6.17. The molecule has 3 rings (SSSR count). The molecule has 0 aliphatic heterocycles. The number of hydrogen-bond acceptors (Lipinski definition) is 7. The molecule has 1 heterocycles. The lowest BCUT2D eigenvalue weighted by atomic mass is 10.0. The van der Waals surface area contributed by atoms with Crippen LogP contribution in [0.2, 0.25) is 0 Å². The van der Waals surface area contributed by atoms with E-state index in [-0.39, 0.29) is 11.6 Å². The maximum Gasteiger partial charge on any atom is 0.229 e. The summed E-state index contributed by atoms with van der Waals surface area (Å²) >= 11 is 0. The number of aromatic nitrogens is 2. The number of hydrogen-bond donors (Lipinski definition) is 2. The Morgan fingerprint density at radius 2 is 1.67 bits per heavy atom. The van der Waals surface area contributed by atoms with Crippen molar-refractivity contribution in [1.29, 1.82) is 10.5 Å². The molecule has 2 aromatic carbocycles. The first-order chi connectivity index (χ1) is 14.5. The van der Waals surface area contributed by atoms with Gasteiger partial charge in [-0.1, -0.05) is 0 Å². The van der Waals surface area contributed by atoms with Crippen molar-refractivity contribution in [3.05, 3.63) is 76.5 Å². The van der Waals surface area contributed by atoms with Crippen LogP contribution in [0.4, 0.5) is 23.1 Å². The number of nitrogens with one attached hydrogen (secondary N) is 2. The molecule has 7 heteroatoms. The quantitative estimate of drug-likeness (QED) is 0.456. The second-order valence-electron chi connectivity index (χ2n) is 6.55. The minimum Gasteiger partial charge on any atom is -0.340 e. The number of aryl methyl sites for hydroxylation is 2. The van der Waals surface area contributed by atoms with Crippen molar-refractivity contribution in [3.8, 4) is 12.1 Å². The van der Waals surface area contributed by atoms with Crippen LogP contribution in [-0.4, -0.2) is 16.3 Å². The smallest absolute Gasteiger partial charge is 0.229 e. The van der Waals surface area contributed by atoms with E-state index in [4.69, 9.17) is 10.5 Å². The van der Waals surface area contributed by atoms with Gasteiger partial charge in [0, 0.05) is 23.5 Å². The average Bonchev–Trinajstić information content (AvgIpc) is 2.75. The van der Waals surface area contributed by atoms with Crippen molar-refractivity contribution in [1.82, 2.24) is 9.97 Å². The molecule has 146 valence electrons. The van der Waals surface area contributed by atoms with E-state index in [2.05, 4.69) is 26.7 Å². The SMILES string of the molecule is Cc1cc(/C=C/C#N)cc(C)c1Nc1cc(C=O)nc(Nc2ccc(C#N)cc2)n1. The normalized spacial score (nSPS) is 10.3. The van der Waals surface area contributed by atoms with E-state index in [0.717, 1.165) is 22.4 Å². The molecule has 0 fully saturated rings. The third kappa shape index (κ3) is 4.86. The van der Waals surface area contributed by atoms with Crippen LogP contribution in [0, 0.1) is 36.5 Å². The Balaban J connectivity index is 1.90. The third-order valence-corrected chi connectivity index (χ3v) is 4.30. The Morgan fingerprint density at radius 1 is 0.967 bits per heavy atom. The predicted octanol–water partition coefficient (Wildman–Crippen LogP) is 4.80. The number of nitriles is 2. The first kappa shape index (κ1) is 20.2. The van der Waals surface area contributed by atoms with Crippen LogP contribution in [-0.2, 0) is 0 Å². The van der Waals surface area contributed by atoms with E-state index >= 15 is 0 Å². The maximum atomic E-state index is 11.4. The number of anilines is 4. The van der Waals surface area contributed by atoms with Crippen LogP contribution >= 0.6 is 0 Å². The predicted molar refractivity (Wildman–Crippen MR) is 116 cm³/mol. The fourth-order valence-electron chi connectivity index (χ4n) is 2.96. The highest BCUT2D eigenvalue weighted by atomic mass is 16.1. The number of nitrogens with zero attached hydrogens (tertiary/aromatic N) is 4. The van der Waals surface area contributed by atoms with E-state index in [0.29, 0.717) is 23.4 Å². The van der Waals surface area contributed by atoms with E-state index in [1.165, 1.54) is 6.08 Å². The summed E-state index contributed by atoms with van der Waals surface area (Å²) in [6, 6.07) is 16.4. The van der Waals surface area contributed by atoms with E-state index in [9.17, 15) is 4.79 Å². The van der Waals surface area contributed by atoms with Crippen LogP contribution in [0.1, 0.15) is 32.7 Å². The molecular weight excluding hydrogens is 376 g/mol. The molecule has 7 nitrogen and oxygen atoms in total. The second-order valence-corrected chi connectivity index (χ2v) is 6.55. The molecule has 0 radical (unpaired) electrons. The minimum atomic E-state index is 0.229. The minimum absolute atomic E-state index is 0.229. The lowest BCUT2D eigenvalue weighted by Gasteiger charge is -2.14. The van der Waals surface area contributed by atoms with Crippen molar-refractivity contribution in [3.63, 3.8) is 0 Å². The molecular formula is C23H18N6O. The molecule has 30 heavy (non-hydrogen) atoms. The molecule has 0 bridgehead atoms. The van der Waals surface area contributed by atoms with E-state index in [1.807, 2.05) is 32.0 Å². The van der Waals surface area contributed by atoms with Gasteiger partial charge in [0.1, 0.15) is 11.5 Å². The zero-order valence-corrected chi connectivity index (χ0v) is 16.5. The first-order valence-corrected chi connectivity index (χ1v) is 9.08. The van der Waals surface area contributed by atoms with E-state index < -0.39 is 0 Å². The third-order valence-electron chi connectivity index (χ3n) is 4.30. The Labute approximate surface area is 174 Å². The summed E-state index contributed by atoms with van der Waals surface area (Å²) in [5.74, 6) is 0.727. The van der Waals surface area contributed by atoms with Crippen molar-refractivity contribution in [2.45, 2.75) is 13.8 Å². The summed E-state index contributed by atoms with van der Waals surface area (Å²) in [4.78, 5) is 20.0. The number of rotatable bonds is 6. The van der Waals surface area contributed by atoms with Gasteiger partial charge in [0.25, 0.3) is 0 Å². The van der Waals surface area contributed by atoms with Gasteiger partial charge in [0.2, 0.25) is 5.95 Å². The van der Waals surface area contributed by atoms with Crippen molar-refractivity contribution < 1.29 is 4.79 Å². The van der Waals surface area contributed by atoms with E-state index in [1.54, 1.807) is 36.4 Å². The Bertz CT molecular complexity index is 1180. The summed E-state index contributed by atoms with van der Waals surface area (Å²) in [6.45, 7) is 3.91. The van der Waals surface area contributed by atoms with Crippen LogP contribution in [0.25, 0.3) is 6.08 Å². The average molecular weight is 394 g/mol. The molecule has 0 saturated heterocycles.